The third-order valence-electron chi connectivity index (χ3n) is 3.31. The Morgan fingerprint density at radius 1 is 1.19 bits per heavy atom. The Hall–Kier alpha value is -1.10. The van der Waals surface area contributed by atoms with Gasteiger partial charge in [-0.25, -0.2) is 0 Å². The van der Waals surface area contributed by atoms with E-state index >= 15 is 0 Å². The number of carbonyl (C=O) groups excluding carboxylic acids is 1. The Morgan fingerprint density at radius 2 is 1.71 bits per heavy atom. The lowest BCUT2D eigenvalue weighted by Crippen LogP contribution is -2.38. The predicted molar refractivity (Wildman–Crippen MR) is 88.8 cm³/mol. The number of nitrogens with two attached hydrogens (primary N) is 1. The van der Waals surface area contributed by atoms with E-state index in [-0.39, 0.29) is 24.4 Å². The summed E-state index contributed by atoms with van der Waals surface area (Å²) >= 11 is 0. The maximum Gasteiger partial charge on any atom is 0.248 e. The van der Waals surface area contributed by atoms with Crippen molar-refractivity contribution < 1.29 is 9.53 Å². The molecule has 21 heavy (non-hydrogen) atoms. The second-order valence-electron chi connectivity index (χ2n) is 5.27. The van der Waals surface area contributed by atoms with E-state index in [1.807, 2.05) is 19.1 Å². The molecular formula is C16H27ClN2O2. The molecule has 3 N–H and O–H groups in total. The number of hydrogen-bond acceptors (Lipinski definition) is 3. The summed E-state index contributed by atoms with van der Waals surface area (Å²) in [5, 5.41) is 2.81. The summed E-state index contributed by atoms with van der Waals surface area (Å²) in [6.07, 6.45) is -0.435. The molecule has 0 radical (unpaired) electrons. The number of carbonyl (C=O) groups is 1. The van der Waals surface area contributed by atoms with Crippen LogP contribution in [0.2, 0.25) is 0 Å². The molecule has 0 aliphatic rings. The Kier molecular flexibility index (Phi) is 9.26. The van der Waals surface area contributed by atoms with E-state index in [1.165, 1.54) is 5.56 Å². The Bertz CT molecular complexity index is 421. The van der Waals surface area contributed by atoms with E-state index in [0.29, 0.717) is 19.1 Å². The maximum absolute atomic E-state index is 11.7. The number of halogens is 1. The van der Waals surface area contributed by atoms with Crippen LogP contribution < -0.4 is 11.1 Å². The van der Waals surface area contributed by atoms with Crippen molar-refractivity contribution in [3.63, 3.8) is 0 Å². The molecular weight excluding hydrogens is 288 g/mol. The molecule has 1 rings (SSSR count). The van der Waals surface area contributed by atoms with Crippen LogP contribution in [0.3, 0.4) is 0 Å². The Balaban J connectivity index is 0.00000400. The summed E-state index contributed by atoms with van der Waals surface area (Å²) in [6, 6.07) is 8.03. The van der Waals surface area contributed by atoms with Crippen LogP contribution in [0.4, 0.5) is 0 Å². The number of ether oxygens (including phenoxy) is 1. The van der Waals surface area contributed by atoms with Gasteiger partial charge in [0.25, 0.3) is 0 Å². The van der Waals surface area contributed by atoms with E-state index in [9.17, 15) is 4.79 Å². The van der Waals surface area contributed by atoms with Gasteiger partial charge in [0.05, 0.1) is 0 Å². The fourth-order valence-electron chi connectivity index (χ4n) is 1.93. The number of rotatable bonds is 7. The van der Waals surface area contributed by atoms with Gasteiger partial charge in [0.15, 0.2) is 0 Å². The zero-order valence-corrected chi connectivity index (χ0v) is 14.1. The summed E-state index contributed by atoms with van der Waals surface area (Å²) in [5.41, 5.74) is 8.40. The van der Waals surface area contributed by atoms with Gasteiger partial charge in [-0.05, 0) is 30.9 Å². The van der Waals surface area contributed by atoms with Crippen LogP contribution >= 0.6 is 12.4 Å². The standard InChI is InChI=1S/C16H26N2O2.ClH/c1-5-20-12(4)16(19)18-10-15(17)14-8-6-13(7-9-14)11(2)3;/h6-9,11-12,15H,5,10,17H2,1-4H3,(H,18,19);1H. The topological polar surface area (TPSA) is 64.3 Å². The van der Waals surface area contributed by atoms with E-state index in [2.05, 4.69) is 31.3 Å². The zero-order chi connectivity index (χ0) is 15.1. The Morgan fingerprint density at radius 3 is 2.19 bits per heavy atom. The molecule has 2 unspecified atom stereocenters. The summed E-state index contributed by atoms with van der Waals surface area (Å²) in [4.78, 5) is 11.7. The highest BCUT2D eigenvalue weighted by Gasteiger charge is 2.14. The monoisotopic (exact) mass is 314 g/mol. The molecule has 0 saturated heterocycles. The van der Waals surface area contributed by atoms with Gasteiger partial charge < -0.3 is 15.8 Å². The van der Waals surface area contributed by atoms with Gasteiger partial charge in [0, 0.05) is 19.2 Å². The quantitative estimate of drug-likeness (QED) is 0.813. The third kappa shape index (κ3) is 6.46. The van der Waals surface area contributed by atoms with Gasteiger partial charge in [0.1, 0.15) is 6.10 Å². The highest BCUT2D eigenvalue weighted by molar-refractivity contribution is 5.85. The summed E-state index contributed by atoms with van der Waals surface area (Å²) < 4.78 is 5.23. The fourth-order valence-corrected chi connectivity index (χ4v) is 1.93. The van der Waals surface area contributed by atoms with Crippen molar-refractivity contribution in [2.24, 2.45) is 5.73 Å². The molecule has 1 amide bonds. The van der Waals surface area contributed by atoms with Crippen molar-refractivity contribution in [1.29, 1.82) is 0 Å². The van der Waals surface area contributed by atoms with Crippen LogP contribution in [0.25, 0.3) is 0 Å². The average molecular weight is 315 g/mol. The van der Waals surface area contributed by atoms with E-state index in [1.54, 1.807) is 6.92 Å². The molecule has 0 aromatic heterocycles. The van der Waals surface area contributed by atoms with Crippen molar-refractivity contribution in [3.8, 4) is 0 Å². The summed E-state index contributed by atoms with van der Waals surface area (Å²) in [6.45, 7) is 8.86. The van der Waals surface area contributed by atoms with Crippen LogP contribution in [-0.2, 0) is 9.53 Å². The first kappa shape index (κ1) is 19.9. The minimum absolute atomic E-state index is 0. The molecule has 4 nitrogen and oxygen atoms in total. The molecule has 0 aliphatic heterocycles. The van der Waals surface area contributed by atoms with Crippen LogP contribution in [0.15, 0.2) is 24.3 Å². The molecule has 1 aromatic carbocycles. The Labute approximate surface area is 133 Å². The van der Waals surface area contributed by atoms with Gasteiger partial charge in [-0.1, -0.05) is 38.1 Å². The first-order valence-electron chi connectivity index (χ1n) is 7.20. The van der Waals surface area contributed by atoms with Gasteiger partial charge in [-0.15, -0.1) is 12.4 Å². The first-order chi connectivity index (χ1) is 9.45. The van der Waals surface area contributed by atoms with Crippen LogP contribution in [0, 0.1) is 0 Å². The molecule has 2 atom stereocenters. The van der Waals surface area contributed by atoms with Crippen LogP contribution in [-0.4, -0.2) is 25.2 Å². The second-order valence-corrected chi connectivity index (χ2v) is 5.27. The number of nitrogens with one attached hydrogen (secondary N) is 1. The van der Waals surface area contributed by atoms with Gasteiger partial charge in [-0.3, -0.25) is 4.79 Å². The van der Waals surface area contributed by atoms with Crippen molar-refractivity contribution in [2.75, 3.05) is 13.2 Å². The lowest BCUT2D eigenvalue weighted by molar-refractivity contribution is -0.131. The van der Waals surface area contributed by atoms with Crippen molar-refractivity contribution in [3.05, 3.63) is 35.4 Å². The predicted octanol–water partition coefficient (Wildman–Crippen LogP) is 2.77. The van der Waals surface area contributed by atoms with Crippen molar-refractivity contribution in [1.82, 2.24) is 5.32 Å². The average Bonchev–Trinajstić information content (AvgIpc) is 2.44. The minimum atomic E-state index is -0.435. The number of benzene rings is 1. The molecule has 0 saturated carbocycles. The van der Waals surface area contributed by atoms with E-state index in [4.69, 9.17) is 10.5 Å². The summed E-state index contributed by atoms with van der Waals surface area (Å²) in [7, 11) is 0. The molecule has 0 fully saturated rings. The molecule has 0 spiro atoms. The van der Waals surface area contributed by atoms with Crippen molar-refractivity contribution >= 4 is 18.3 Å². The SMILES string of the molecule is CCOC(C)C(=O)NCC(N)c1ccc(C(C)C)cc1.Cl. The first-order valence-corrected chi connectivity index (χ1v) is 7.20. The lowest BCUT2D eigenvalue weighted by atomic mass is 9.99. The van der Waals surface area contributed by atoms with Gasteiger partial charge >= 0.3 is 0 Å². The molecule has 5 heteroatoms. The fraction of sp³-hybridized carbons (Fsp3) is 0.562. The maximum atomic E-state index is 11.7. The van der Waals surface area contributed by atoms with Gasteiger partial charge in [0.2, 0.25) is 5.91 Å². The lowest BCUT2D eigenvalue weighted by Gasteiger charge is -2.17. The molecule has 0 aliphatic carbocycles. The number of hydrogen-bond donors (Lipinski definition) is 2. The highest BCUT2D eigenvalue weighted by Crippen LogP contribution is 2.17. The largest absolute Gasteiger partial charge is 0.369 e. The van der Waals surface area contributed by atoms with E-state index in [0.717, 1.165) is 5.56 Å². The minimum Gasteiger partial charge on any atom is -0.369 e. The van der Waals surface area contributed by atoms with Crippen LogP contribution in [0.5, 0.6) is 0 Å². The highest BCUT2D eigenvalue weighted by atomic mass is 35.5. The second kappa shape index (κ2) is 9.77. The van der Waals surface area contributed by atoms with Crippen LogP contribution in [0.1, 0.15) is 50.8 Å². The number of amides is 1. The van der Waals surface area contributed by atoms with E-state index < -0.39 is 6.10 Å². The summed E-state index contributed by atoms with van der Waals surface area (Å²) in [5.74, 6) is 0.383. The molecule has 0 bridgehead atoms. The molecule has 1 aromatic rings. The third-order valence-corrected chi connectivity index (χ3v) is 3.31. The molecule has 0 heterocycles. The zero-order valence-electron chi connectivity index (χ0n) is 13.3. The molecule has 120 valence electrons. The van der Waals surface area contributed by atoms with Gasteiger partial charge in [-0.2, -0.15) is 0 Å². The van der Waals surface area contributed by atoms with Crippen molar-refractivity contribution in [2.45, 2.75) is 45.8 Å². The smallest absolute Gasteiger partial charge is 0.248 e. The normalized spacial score (nSPS) is 13.4.